The molecule has 1 atom stereocenters. The van der Waals surface area contributed by atoms with Crippen LogP contribution in [0.1, 0.15) is 17.7 Å². The van der Waals surface area contributed by atoms with Crippen LogP contribution in [0.5, 0.6) is 0 Å². The summed E-state index contributed by atoms with van der Waals surface area (Å²) >= 11 is 0. The minimum absolute atomic E-state index is 0.0387. The number of fused-ring (bicyclic) bond motifs is 1. The van der Waals surface area contributed by atoms with Gasteiger partial charge in [0.05, 0.1) is 12.6 Å². The average molecular weight is 208 g/mol. The van der Waals surface area contributed by atoms with Gasteiger partial charge < -0.3 is 15.4 Å². The van der Waals surface area contributed by atoms with Crippen molar-refractivity contribution < 1.29 is 5.11 Å². The molecule has 2 rings (SSSR count). The molecule has 3 N–H and O–H groups in total. The summed E-state index contributed by atoms with van der Waals surface area (Å²) in [4.78, 5) is 11.6. The van der Waals surface area contributed by atoms with Gasteiger partial charge in [-0.2, -0.15) is 0 Å². The number of hydrogen-bond donors (Lipinski definition) is 2. The van der Waals surface area contributed by atoms with E-state index in [0.717, 1.165) is 25.0 Å². The Bertz CT molecular complexity index is 412. The lowest BCUT2D eigenvalue weighted by Gasteiger charge is -2.14. The van der Waals surface area contributed by atoms with E-state index in [4.69, 9.17) is 5.73 Å². The summed E-state index contributed by atoms with van der Waals surface area (Å²) in [7, 11) is 0. The third-order valence-electron chi connectivity index (χ3n) is 2.91. The number of aryl methyl sites for hydroxylation is 1. The minimum Gasteiger partial charge on any atom is -0.390 e. The van der Waals surface area contributed by atoms with Gasteiger partial charge in [0.2, 0.25) is 0 Å². The Labute approximate surface area is 88.3 Å². The van der Waals surface area contributed by atoms with Crippen LogP contribution in [0, 0.1) is 0 Å². The summed E-state index contributed by atoms with van der Waals surface area (Å²) < 4.78 is 1.67. The maximum absolute atomic E-state index is 11.6. The molecule has 82 valence electrons. The molecule has 1 aromatic rings. The standard InChI is InChI=1S/C11H16N2O2/c12-6-9(14)7-13-10-3-1-2-8(10)4-5-11(13)15/h4-5,9,14H,1-3,6-7,12H2. The van der Waals surface area contributed by atoms with Gasteiger partial charge in [-0.05, 0) is 24.8 Å². The van der Waals surface area contributed by atoms with Crippen molar-refractivity contribution in [2.24, 2.45) is 5.73 Å². The molecular weight excluding hydrogens is 192 g/mol. The second-order valence-electron chi connectivity index (χ2n) is 4.00. The molecule has 0 radical (unpaired) electrons. The number of hydrogen-bond acceptors (Lipinski definition) is 3. The van der Waals surface area contributed by atoms with E-state index in [1.54, 1.807) is 10.6 Å². The highest BCUT2D eigenvalue weighted by atomic mass is 16.3. The van der Waals surface area contributed by atoms with E-state index in [0.29, 0.717) is 6.54 Å². The Morgan fingerprint density at radius 2 is 2.27 bits per heavy atom. The maximum atomic E-state index is 11.6. The van der Waals surface area contributed by atoms with Crippen LogP contribution in [0.3, 0.4) is 0 Å². The van der Waals surface area contributed by atoms with Gasteiger partial charge in [0.25, 0.3) is 5.56 Å². The van der Waals surface area contributed by atoms with Crippen LogP contribution in [0.2, 0.25) is 0 Å². The van der Waals surface area contributed by atoms with Crippen molar-refractivity contribution in [3.63, 3.8) is 0 Å². The largest absolute Gasteiger partial charge is 0.390 e. The maximum Gasteiger partial charge on any atom is 0.250 e. The average Bonchev–Trinajstić information content (AvgIpc) is 2.70. The van der Waals surface area contributed by atoms with Crippen molar-refractivity contribution in [1.29, 1.82) is 0 Å². The molecule has 4 nitrogen and oxygen atoms in total. The molecule has 0 amide bonds. The molecule has 0 spiro atoms. The van der Waals surface area contributed by atoms with Crippen molar-refractivity contribution in [3.05, 3.63) is 33.7 Å². The number of nitrogens with zero attached hydrogens (tertiary/aromatic N) is 1. The van der Waals surface area contributed by atoms with Gasteiger partial charge in [0, 0.05) is 18.3 Å². The summed E-state index contributed by atoms with van der Waals surface area (Å²) in [6.45, 7) is 0.509. The molecule has 1 unspecified atom stereocenters. The highest BCUT2D eigenvalue weighted by Crippen LogP contribution is 2.19. The first-order valence-corrected chi connectivity index (χ1v) is 5.32. The monoisotopic (exact) mass is 208 g/mol. The summed E-state index contributed by atoms with van der Waals surface area (Å²) in [5.74, 6) is 0. The number of pyridine rings is 1. The molecule has 0 saturated carbocycles. The zero-order valence-electron chi connectivity index (χ0n) is 8.65. The molecule has 1 heterocycles. The number of aliphatic hydroxyl groups excluding tert-OH is 1. The van der Waals surface area contributed by atoms with Crippen molar-refractivity contribution in [3.8, 4) is 0 Å². The van der Waals surface area contributed by atoms with Crippen LogP contribution in [-0.2, 0) is 19.4 Å². The first-order chi connectivity index (χ1) is 7.22. The van der Waals surface area contributed by atoms with Crippen LogP contribution in [-0.4, -0.2) is 22.3 Å². The Hall–Kier alpha value is -1.13. The van der Waals surface area contributed by atoms with E-state index in [1.165, 1.54) is 5.56 Å². The second-order valence-corrected chi connectivity index (χ2v) is 4.00. The SMILES string of the molecule is NCC(O)Cn1c2c(ccc1=O)CCC2. The zero-order valence-corrected chi connectivity index (χ0v) is 8.65. The van der Waals surface area contributed by atoms with E-state index in [-0.39, 0.29) is 12.1 Å². The first-order valence-electron chi connectivity index (χ1n) is 5.32. The van der Waals surface area contributed by atoms with Gasteiger partial charge in [-0.25, -0.2) is 0 Å². The van der Waals surface area contributed by atoms with Gasteiger partial charge in [-0.15, -0.1) is 0 Å². The first kappa shape index (κ1) is 10.4. The van der Waals surface area contributed by atoms with Crippen molar-refractivity contribution in [1.82, 2.24) is 4.57 Å². The molecule has 1 aliphatic rings. The van der Waals surface area contributed by atoms with Gasteiger partial charge in [0.15, 0.2) is 0 Å². The van der Waals surface area contributed by atoms with Crippen LogP contribution in [0.25, 0.3) is 0 Å². The Balaban J connectivity index is 2.37. The summed E-state index contributed by atoms with van der Waals surface area (Å²) in [5.41, 5.74) is 7.62. The molecule has 0 bridgehead atoms. The van der Waals surface area contributed by atoms with Crippen molar-refractivity contribution in [2.75, 3.05) is 6.54 Å². The summed E-state index contributed by atoms with van der Waals surface area (Å²) in [5, 5.41) is 9.48. The van der Waals surface area contributed by atoms with Gasteiger partial charge in [-0.3, -0.25) is 4.79 Å². The second kappa shape index (κ2) is 4.16. The lowest BCUT2D eigenvalue weighted by molar-refractivity contribution is 0.159. The third-order valence-corrected chi connectivity index (χ3v) is 2.91. The van der Waals surface area contributed by atoms with E-state index < -0.39 is 6.10 Å². The molecule has 0 saturated heterocycles. The number of rotatable bonds is 3. The van der Waals surface area contributed by atoms with Gasteiger partial charge in [0.1, 0.15) is 0 Å². The highest BCUT2D eigenvalue weighted by Gasteiger charge is 2.16. The zero-order chi connectivity index (χ0) is 10.8. The van der Waals surface area contributed by atoms with E-state index in [2.05, 4.69) is 0 Å². The third kappa shape index (κ3) is 1.96. The molecule has 4 heteroatoms. The molecule has 1 aromatic heterocycles. The molecule has 0 aromatic carbocycles. The van der Waals surface area contributed by atoms with Crippen LogP contribution in [0.15, 0.2) is 16.9 Å². The Morgan fingerprint density at radius 1 is 1.47 bits per heavy atom. The molecule has 0 aliphatic heterocycles. The van der Waals surface area contributed by atoms with Crippen molar-refractivity contribution in [2.45, 2.75) is 31.9 Å². The summed E-state index contributed by atoms with van der Waals surface area (Å²) in [6, 6.07) is 3.48. The van der Waals surface area contributed by atoms with Crippen LogP contribution < -0.4 is 11.3 Å². The molecule has 1 aliphatic carbocycles. The normalized spacial score (nSPS) is 16.4. The number of aliphatic hydroxyl groups is 1. The molecule has 15 heavy (non-hydrogen) atoms. The van der Waals surface area contributed by atoms with Crippen molar-refractivity contribution >= 4 is 0 Å². The predicted molar refractivity (Wildman–Crippen MR) is 57.8 cm³/mol. The Kier molecular flexibility index (Phi) is 2.88. The fourth-order valence-corrected chi connectivity index (χ4v) is 2.12. The number of nitrogens with two attached hydrogens (primary N) is 1. The van der Waals surface area contributed by atoms with Crippen LogP contribution >= 0.6 is 0 Å². The fraction of sp³-hybridized carbons (Fsp3) is 0.545. The van der Waals surface area contributed by atoms with Crippen LogP contribution in [0.4, 0.5) is 0 Å². The van der Waals surface area contributed by atoms with E-state index >= 15 is 0 Å². The minimum atomic E-state index is -0.630. The smallest absolute Gasteiger partial charge is 0.250 e. The van der Waals surface area contributed by atoms with E-state index in [1.807, 2.05) is 6.07 Å². The lowest BCUT2D eigenvalue weighted by Crippen LogP contribution is -2.32. The van der Waals surface area contributed by atoms with Gasteiger partial charge in [-0.1, -0.05) is 6.07 Å². The van der Waals surface area contributed by atoms with Gasteiger partial charge >= 0.3 is 0 Å². The Morgan fingerprint density at radius 3 is 3.00 bits per heavy atom. The topological polar surface area (TPSA) is 68.2 Å². The fourth-order valence-electron chi connectivity index (χ4n) is 2.12. The molecule has 0 fully saturated rings. The molecular formula is C11H16N2O2. The number of aromatic nitrogens is 1. The van der Waals surface area contributed by atoms with E-state index in [9.17, 15) is 9.90 Å². The quantitative estimate of drug-likeness (QED) is 0.714. The summed E-state index contributed by atoms with van der Waals surface area (Å²) in [6.07, 6.45) is 2.43. The predicted octanol–water partition coefficient (Wildman–Crippen LogP) is -0.343. The highest BCUT2D eigenvalue weighted by molar-refractivity contribution is 5.25. The lowest BCUT2D eigenvalue weighted by atomic mass is 10.2.